The molecule has 4 nitrogen and oxygen atoms in total. The number of hydrogen-bond acceptors (Lipinski definition) is 2. The van der Waals surface area contributed by atoms with E-state index in [2.05, 4.69) is 21.2 Å². The lowest BCUT2D eigenvalue weighted by Crippen LogP contribution is -2.14. The number of anilines is 1. The Morgan fingerprint density at radius 3 is 2.43 bits per heavy atom. The van der Waals surface area contributed by atoms with Gasteiger partial charge in [-0.15, -0.1) is 0 Å². The molecule has 0 heterocycles. The maximum absolute atomic E-state index is 11.9. The van der Waals surface area contributed by atoms with E-state index in [1.165, 1.54) is 0 Å². The van der Waals surface area contributed by atoms with Crippen molar-refractivity contribution in [2.75, 3.05) is 5.32 Å². The lowest BCUT2D eigenvalue weighted by atomic mass is 10.1. The van der Waals surface area contributed by atoms with Crippen LogP contribution in [0.3, 0.4) is 0 Å². The van der Waals surface area contributed by atoms with Crippen molar-refractivity contribution >= 4 is 33.4 Å². The molecule has 0 unspecified atom stereocenters. The van der Waals surface area contributed by atoms with Crippen LogP contribution >= 0.6 is 15.9 Å². The first-order valence-corrected chi connectivity index (χ1v) is 7.28. The minimum Gasteiger partial charge on any atom is -0.366 e. The minimum atomic E-state index is -0.502. The zero-order chi connectivity index (χ0) is 15.2. The molecule has 0 fully saturated rings. The molecule has 0 aliphatic heterocycles. The van der Waals surface area contributed by atoms with E-state index in [0.717, 1.165) is 5.56 Å². The third-order valence-electron chi connectivity index (χ3n) is 3.01. The van der Waals surface area contributed by atoms with Crippen LogP contribution in [0.4, 0.5) is 5.69 Å². The molecule has 5 heteroatoms. The van der Waals surface area contributed by atoms with E-state index in [4.69, 9.17) is 5.73 Å². The van der Waals surface area contributed by atoms with Gasteiger partial charge >= 0.3 is 0 Å². The molecule has 0 saturated carbocycles. The topological polar surface area (TPSA) is 72.2 Å². The minimum absolute atomic E-state index is 0.0774. The number of carbonyl (C=O) groups is 2. The summed E-state index contributed by atoms with van der Waals surface area (Å²) in [7, 11) is 0. The highest BCUT2D eigenvalue weighted by molar-refractivity contribution is 9.10. The van der Waals surface area contributed by atoms with Gasteiger partial charge in [0.25, 0.3) is 0 Å². The first-order valence-electron chi connectivity index (χ1n) is 6.49. The number of rotatable bonds is 5. The second-order valence-corrected chi connectivity index (χ2v) is 5.45. The van der Waals surface area contributed by atoms with Crippen molar-refractivity contribution in [3.05, 3.63) is 64.1 Å². The van der Waals surface area contributed by atoms with Crippen LogP contribution in [-0.4, -0.2) is 11.8 Å². The largest absolute Gasteiger partial charge is 0.366 e. The summed E-state index contributed by atoms with van der Waals surface area (Å²) in [5.74, 6) is -0.580. The summed E-state index contributed by atoms with van der Waals surface area (Å²) in [4.78, 5) is 23.0. The number of benzene rings is 2. The fraction of sp³-hybridized carbons (Fsp3) is 0.125. The first-order chi connectivity index (χ1) is 10.1. The second kappa shape index (κ2) is 7.04. The summed E-state index contributed by atoms with van der Waals surface area (Å²) < 4.78 is 0.631. The van der Waals surface area contributed by atoms with Gasteiger partial charge in [-0.1, -0.05) is 30.3 Å². The number of hydrogen-bond donors (Lipinski definition) is 2. The fourth-order valence-electron chi connectivity index (χ4n) is 1.88. The zero-order valence-corrected chi connectivity index (χ0v) is 12.9. The SMILES string of the molecule is NC(=O)c1ccc(NC(=O)CCc2ccccc2)c(Br)c1. The van der Waals surface area contributed by atoms with E-state index in [0.29, 0.717) is 28.6 Å². The Bertz CT molecular complexity index is 657. The number of carbonyl (C=O) groups excluding carboxylic acids is 2. The Balaban J connectivity index is 1.95. The number of amides is 2. The summed E-state index contributed by atoms with van der Waals surface area (Å²) in [6.45, 7) is 0. The number of halogens is 1. The van der Waals surface area contributed by atoms with Crippen molar-refractivity contribution < 1.29 is 9.59 Å². The van der Waals surface area contributed by atoms with Crippen molar-refractivity contribution in [1.29, 1.82) is 0 Å². The Kier molecular flexibility index (Phi) is 5.11. The standard InChI is InChI=1S/C16H15BrN2O2/c17-13-10-12(16(18)21)7-8-14(13)19-15(20)9-6-11-4-2-1-3-5-11/h1-5,7-8,10H,6,9H2,(H2,18,21)(H,19,20). The smallest absolute Gasteiger partial charge is 0.248 e. The molecular formula is C16H15BrN2O2. The third kappa shape index (κ3) is 4.43. The molecule has 21 heavy (non-hydrogen) atoms. The van der Waals surface area contributed by atoms with Crippen LogP contribution < -0.4 is 11.1 Å². The molecule has 108 valence electrons. The molecule has 0 aliphatic carbocycles. The Morgan fingerprint density at radius 2 is 1.81 bits per heavy atom. The van der Waals surface area contributed by atoms with Crippen LogP contribution in [0, 0.1) is 0 Å². The van der Waals surface area contributed by atoms with Crippen LogP contribution in [0.2, 0.25) is 0 Å². The Morgan fingerprint density at radius 1 is 1.10 bits per heavy atom. The molecule has 2 rings (SSSR count). The molecule has 0 radical (unpaired) electrons. The van der Waals surface area contributed by atoms with E-state index in [9.17, 15) is 9.59 Å². The van der Waals surface area contributed by atoms with Crippen molar-refractivity contribution in [3.8, 4) is 0 Å². The molecule has 2 aromatic rings. The van der Waals surface area contributed by atoms with Crippen LogP contribution in [-0.2, 0) is 11.2 Å². The maximum atomic E-state index is 11.9. The van der Waals surface area contributed by atoms with Gasteiger partial charge in [-0.2, -0.15) is 0 Å². The number of aryl methyl sites for hydroxylation is 1. The predicted octanol–water partition coefficient (Wildman–Crippen LogP) is 3.12. The summed E-state index contributed by atoms with van der Waals surface area (Å²) in [5, 5.41) is 2.81. The quantitative estimate of drug-likeness (QED) is 0.872. The van der Waals surface area contributed by atoms with Gasteiger partial charge in [0.2, 0.25) is 11.8 Å². The molecule has 2 amide bonds. The van der Waals surface area contributed by atoms with E-state index in [-0.39, 0.29) is 5.91 Å². The average Bonchev–Trinajstić information content (AvgIpc) is 2.48. The number of primary amides is 1. The van der Waals surface area contributed by atoms with Gasteiger partial charge in [-0.3, -0.25) is 9.59 Å². The summed E-state index contributed by atoms with van der Waals surface area (Å²) in [6.07, 6.45) is 1.08. The van der Waals surface area contributed by atoms with Gasteiger partial charge in [-0.25, -0.2) is 0 Å². The zero-order valence-electron chi connectivity index (χ0n) is 11.3. The highest BCUT2D eigenvalue weighted by Gasteiger charge is 2.08. The number of nitrogens with two attached hydrogens (primary N) is 1. The van der Waals surface area contributed by atoms with E-state index < -0.39 is 5.91 Å². The van der Waals surface area contributed by atoms with Crippen molar-refractivity contribution in [2.24, 2.45) is 5.73 Å². The molecule has 0 aliphatic rings. The van der Waals surface area contributed by atoms with Crippen LogP contribution in [0.15, 0.2) is 53.0 Å². The lowest BCUT2D eigenvalue weighted by molar-refractivity contribution is -0.116. The van der Waals surface area contributed by atoms with Gasteiger partial charge < -0.3 is 11.1 Å². The molecule has 0 saturated heterocycles. The third-order valence-corrected chi connectivity index (χ3v) is 3.67. The van der Waals surface area contributed by atoms with Gasteiger partial charge in [-0.05, 0) is 46.1 Å². The normalized spacial score (nSPS) is 10.1. The van der Waals surface area contributed by atoms with Crippen LogP contribution in [0.1, 0.15) is 22.3 Å². The maximum Gasteiger partial charge on any atom is 0.248 e. The van der Waals surface area contributed by atoms with E-state index in [1.54, 1.807) is 18.2 Å². The van der Waals surface area contributed by atoms with Crippen LogP contribution in [0.5, 0.6) is 0 Å². The summed E-state index contributed by atoms with van der Waals surface area (Å²) in [6, 6.07) is 14.7. The van der Waals surface area contributed by atoms with Crippen molar-refractivity contribution in [3.63, 3.8) is 0 Å². The lowest BCUT2D eigenvalue weighted by Gasteiger charge is -2.08. The number of nitrogens with one attached hydrogen (secondary N) is 1. The molecule has 0 spiro atoms. The van der Waals surface area contributed by atoms with E-state index >= 15 is 0 Å². The molecule has 0 bridgehead atoms. The van der Waals surface area contributed by atoms with Crippen molar-refractivity contribution in [1.82, 2.24) is 0 Å². The monoisotopic (exact) mass is 346 g/mol. The van der Waals surface area contributed by atoms with Gasteiger partial charge in [0.05, 0.1) is 5.69 Å². The van der Waals surface area contributed by atoms with Crippen LogP contribution in [0.25, 0.3) is 0 Å². The second-order valence-electron chi connectivity index (χ2n) is 4.59. The van der Waals surface area contributed by atoms with Gasteiger partial charge in [0.1, 0.15) is 0 Å². The molecular weight excluding hydrogens is 332 g/mol. The first kappa shape index (κ1) is 15.3. The highest BCUT2D eigenvalue weighted by Crippen LogP contribution is 2.23. The molecule has 0 aromatic heterocycles. The van der Waals surface area contributed by atoms with Crippen molar-refractivity contribution in [2.45, 2.75) is 12.8 Å². The Labute approximate surface area is 131 Å². The Hall–Kier alpha value is -2.14. The highest BCUT2D eigenvalue weighted by atomic mass is 79.9. The fourth-order valence-corrected chi connectivity index (χ4v) is 2.36. The predicted molar refractivity (Wildman–Crippen MR) is 86.1 cm³/mol. The summed E-state index contributed by atoms with van der Waals surface area (Å²) >= 11 is 3.32. The summed E-state index contributed by atoms with van der Waals surface area (Å²) in [5.41, 5.74) is 7.34. The molecule has 0 atom stereocenters. The van der Waals surface area contributed by atoms with Gasteiger partial charge in [0.15, 0.2) is 0 Å². The van der Waals surface area contributed by atoms with E-state index in [1.807, 2.05) is 30.3 Å². The average molecular weight is 347 g/mol. The molecule has 3 N–H and O–H groups in total. The molecule has 2 aromatic carbocycles. The van der Waals surface area contributed by atoms with Gasteiger partial charge in [0, 0.05) is 16.5 Å².